The average Bonchev–Trinajstić information content (AvgIpc) is 2.13. The molecular formula is C9H16O6S. The Bertz CT molecular complexity index is 332. The van der Waals surface area contributed by atoms with Crippen LogP contribution in [0.1, 0.15) is 13.3 Å². The molecule has 0 bridgehead atoms. The SMILES string of the molecule is CCOC(=O)CC(=O)CS(=O)(=O)CCOC. The summed E-state index contributed by atoms with van der Waals surface area (Å²) in [6.45, 7) is 1.81. The highest BCUT2D eigenvalue weighted by molar-refractivity contribution is 7.92. The van der Waals surface area contributed by atoms with Gasteiger partial charge in [-0.3, -0.25) is 9.59 Å². The van der Waals surface area contributed by atoms with Gasteiger partial charge < -0.3 is 9.47 Å². The van der Waals surface area contributed by atoms with Crippen molar-refractivity contribution in [3.8, 4) is 0 Å². The first-order valence-corrected chi connectivity index (χ1v) is 6.60. The van der Waals surface area contributed by atoms with Crippen LogP contribution >= 0.6 is 0 Å². The minimum absolute atomic E-state index is 0.0367. The smallest absolute Gasteiger partial charge is 0.313 e. The molecule has 6 nitrogen and oxygen atoms in total. The summed E-state index contributed by atoms with van der Waals surface area (Å²) in [7, 11) is -2.11. The average molecular weight is 252 g/mol. The molecule has 16 heavy (non-hydrogen) atoms. The predicted molar refractivity (Wildman–Crippen MR) is 56.8 cm³/mol. The molecule has 94 valence electrons. The summed E-state index contributed by atoms with van der Waals surface area (Å²) in [5, 5.41) is 0. The fourth-order valence-corrected chi connectivity index (χ4v) is 2.11. The zero-order valence-electron chi connectivity index (χ0n) is 9.39. The summed E-state index contributed by atoms with van der Waals surface area (Å²) in [5.41, 5.74) is 0. The van der Waals surface area contributed by atoms with Gasteiger partial charge in [-0.15, -0.1) is 0 Å². The molecule has 0 fully saturated rings. The molecule has 0 aliphatic heterocycles. The van der Waals surface area contributed by atoms with Crippen LogP contribution in [0.5, 0.6) is 0 Å². The number of rotatable bonds is 8. The van der Waals surface area contributed by atoms with Crippen molar-refractivity contribution in [3.05, 3.63) is 0 Å². The summed E-state index contributed by atoms with van der Waals surface area (Å²) < 4.78 is 31.7. The molecule has 0 aromatic rings. The Kier molecular flexibility index (Phi) is 6.91. The normalized spacial score (nSPS) is 11.1. The lowest BCUT2D eigenvalue weighted by atomic mass is 10.3. The Balaban J connectivity index is 4.09. The number of ketones is 1. The monoisotopic (exact) mass is 252 g/mol. The number of esters is 1. The van der Waals surface area contributed by atoms with Crippen LogP contribution in [-0.4, -0.2) is 52.0 Å². The first-order valence-electron chi connectivity index (χ1n) is 4.78. The summed E-state index contributed by atoms with van der Waals surface area (Å²) in [4.78, 5) is 22.1. The van der Waals surface area contributed by atoms with E-state index in [0.29, 0.717) is 0 Å². The maximum Gasteiger partial charge on any atom is 0.313 e. The fourth-order valence-electron chi connectivity index (χ4n) is 0.952. The molecule has 0 aliphatic carbocycles. The van der Waals surface area contributed by atoms with Crippen molar-refractivity contribution in [1.82, 2.24) is 0 Å². The second-order valence-corrected chi connectivity index (χ2v) is 5.29. The van der Waals surface area contributed by atoms with Gasteiger partial charge in [0, 0.05) is 7.11 Å². The van der Waals surface area contributed by atoms with Crippen molar-refractivity contribution in [1.29, 1.82) is 0 Å². The predicted octanol–water partition coefficient (Wildman–Crippen LogP) is -0.430. The lowest BCUT2D eigenvalue weighted by Gasteiger charge is -2.03. The van der Waals surface area contributed by atoms with E-state index in [4.69, 9.17) is 0 Å². The molecule has 0 rings (SSSR count). The Hall–Kier alpha value is -0.950. The second kappa shape index (κ2) is 7.34. The molecule has 0 aromatic carbocycles. The molecule has 0 heterocycles. The number of Topliss-reactive ketones (excluding diaryl/α,β-unsaturated/α-hetero) is 1. The molecule has 0 saturated heterocycles. The van der Waals surface area contributed by atoms with E-state index in [1.807, 2.05) is 0 Å². The molecule has 0 aromatic heterocycles. The van der Waals surface area contributed by atoms with Gasteiger partial charge >= 0.3 is 5.97 Å². The molecule has 0 saturated carbocycles. The van der Waals surface area contributed by atoms with Gasteiger partial charge in [-0.25, -0.2) is 8.42 Å². The van der Waals surface area contributed by atoms with Crippen LogP contribution in [0.25, 0.3) is 0 Å². The second-order valence-electron chi connectivity index (χ2n) is 3.11. The number of ether oxygens (including phenoxy) is 2. The van der Waals surface area contributed by atoms with E-state index >= 15 is 0 Å². The highest BCUT2D eigenvalue weighted by Gasteiger charge is 2.19. The topological polar surface area (TPSA) is 86.7 Å². The minimum atomic E-state index is -3.49. The first-order chi connectivity index (χ1) is 7.41. The maximum atomic E-state index is 11.3. The fraction of sp³-hybridized carbons (Fsp3) is 0.778. The summed E-state index contributed by atoms with van der Waals surface area (Å²) in [5.74, 6) is -2.23. The van der Waals surface area contributed by atoms with E-state index < -0.39 is 33.8 Å². The van der Waals surface area contributed by atoms with Crippen molar-refractivity contribution in [2.75, 3.05) is 31.8 Å². The summed E-state index contributed by atoms with van der Waals surface area (Å²) in [6, 6.07) is 0. The van der Waals surface area contributed by atoms with Gasteiger partial charge in [0.2, 0.25) is 0 Å². The van der Waals surface area contributed by atoms with Crippen LogP contribution in [0.3, 0.4) is 0 Å². The van der Waals surface area contributed by atoms with Gasteiger partial charge in [-0.05, 0) is 6.92 Å². The molecule has 0 spiro atoms. The maximum absolute atomic E-state index is 11.3. The van der Waals surface area contributed by atoms with E-state index in [2.05, 4.69) is 9.47 Å². The Labute approximate surface area is 94.8 Å². The zero-order chi connectivity index (χ0) is 12.6. The first kappa shape index (κ1) is 15.0. The van der Waals surface area contributed by atoms with Crippen LogP contribution in [0.2, 0.25) is 0 Å². The third-order valence-corrected chi connectivity index (χ3v) is 3.18. The van der Waals surface area contributed by atoms with Gasteiger partial charge in [0.25, 0.3) is 0 Å². The standard InChI is InChI=1S/C9H16O6S/c1-3-15-9(11)6-8(10)7-16(12,13)5-4-14-2/h3-7H2,1-2H3. The van der Waals surface area contributed by atoms with Crippen molar-refractivity contribution in [2.24, 2.45) is 0 Å². The Morgan fingerprint density at radius 2 is 1.88 bits per heavy atom. The van der Waals surface area contributed by atoms with E-state index in [1.54, 1.807) is 6.92 Å². The van der Waals surface area contributed by atoms with Crippen molar-refractivity contribution in [3.63, 3.8) is 0 Å². The lowest BCUT2D eigenvalue weighted by molar-refractivity contribution is -0.145. The highest BCUT2D eigenvalue weighted by atomic mass is 32.2. The number of hydrogen-bond acceptors (Lipinski definition) is 6. The molecule has 7 heteroatoms. The van der Waals surface area contributed by atoms with Crippen LogP contribution in [0.15, 0.2) is 0 Å². The van der Waals surface area contributed by atoms with Crippen LogP contribution in [0, 0.1) is 0 Å². The van der Waals surface area contributed by atoms with Gasteiger partial charge in [-0.1, -0.05) is 0 Å². The minimum Gasteiger partial charge on any atom is -0.466 e. The van der Waals surface area contributed by atoms with Gasteiger partial charge in [0.05, 0.1) is 19.0 Å². The molecule has 0 atom stereocenters. The summed E-state index contributed by atoms with van der Waals surface area (Å²) in [6.07, 6.45) is -0.500. The number of methoxy groups -OCH3 is 1. The lowest BCUT2D eigenvalue weighted by Crippen LogP contribution is -2.23. The molecule has 0 aliphatic rings. The quantitative estimate of drug-likeness (QED) is 0.430. The molecular weight excluding hydrogens is 236 g/mol. The number of hydrogen-bond donors (Lipinski definition) is 0. The molecule has 0 amide bonds. The van der Waals surface area contributed by atoms with Crippen LogP contribution in [-0.2, 0) is 28.9 Å². The van der Waals surface area contributed by atoms with Crippen molar-refractivity contribution in [2.45, 2.75) is 13.3 Å². The largest absolute Gasteiger partial charge is 0.466 e. The van der Waals surface area contributed by atoms with E-state index in [9.17, 15) is 18.0 Å². The third-order valence-electron chi connectivity index (χ3n) is 1.63. The highest BCUT2D eigenvalue weighted by Crippen LogP contribution is 1.96. The number of carbonyl (C=O) groups is 2. The van der Waals surface area contributed by atoms with Gasteiger partial charge in [-0.2, -0.15) is 0 Å². The molecule has 0 radical (unpaired) electrons. The van der Waals surface area contributed by atoms with Crippen molar-refractivity contribution < 1.29 is 27.5 Å². The zero-order valence-corrected chi connectivity index (χ0v) is 10.2. The van der Waals surface area contributed by atoms with Crippen LogP contribution < -0.4 is 0 Å². The van der Waals surface area contributed by atoms with Crippen LogP contribution in [0.4, 0.5) is 0 Å². The Morgan fingerprint density at radius 1 is 1.25 bits per heavy atom. The Morgan fingerprint density at radius 3 is 2.38 bits per heavy atom. The van der Waals surface area contributed by atoms with Crippen molar-refractivity contribution >= 4 is 21.6 Å². The van der Waals surface area contributed by atoms with Gasteiger partial charge in [0.1, 0.15) is 12.2 Å². The van der Waals surface area contributed by atoms with E-state index in [0.717, 1.165) is 0 Å². The number of sulfone groups is 1. The molecule has 0 unspecified atom stereocenters. The number of carbonyl (C=O) groups excluding carboxylic acids is 2. The van der Waals surface area contributed by atoms with E-state index in [1.165, 1.54) is 7.11 Å². The van der Waals surface area contributed by atoms with Gasteiger partial charge in [0.15, 0.2) is 15.6 Å². The third kappa shape index (κ3) is 7.36. The molecule has 0 N–H and O–H groups in total. The summed E-state index contributed by atoms with van der Waals surface area (Å²) >= 11 is 0. The van der Waals surface area contributed by atoms with E-state index in [-0.39, 0.29) is 19.0 Å².